The van der Waals surface area contributed by atoms with E-state index in [-0.39, 0.29) is 32.2 Å². The average Bonchev–Trinajstić information content (AvgIpc) is 2.32. The van der Waals surface area contributed by atoms with Crippen LogP contribution < -0.4 is 0 Å². The van der Waals surface area contributed by atoms with Gasteiger partial charge in [0.1, 0.15) is 0 Å². The fourth-order valence-electron chi connectivity index (χ4n) is 1.90. The molecule has 0 amide bonds. The van der Waals surface area contributed by atoms with Gasteiger partial charge in [0.2, 0.25) is 0 Å². The molecule has 0 aliphatic heterocycles. The lowest BCUT2D eigenvalue weighted by atomic mass is 9.93. The first kappa shape index (κ1) is 16.4. The highest BCUT2D eigenvalue weighted by molar-refractivity contribution is 7.86. The molecule has 8 heteroatoms. The molecule has 1 fully saturated rings. The molecule has 19 heavy (non-hydrogen) atoms. The van der Waals surface area contributed by atoms with Gasteiger partial charge in [0.25, 0.3) is 10.2 Å². The highest BCUT2D eigenvalue weighted by Crippen LogP contribution is 2.27. The van der Waals surface area contributed by atoms with E-state index in [1.54, 1.807) is 0 Å². The SMILES string of the molecule is COC(=O)CCN(C)S(=O)(=O)N(CCO)C1CCC1. The van der Waals surface area contributed by atoms with Crippen LogP contribution in [0.15, 0.2) is 0 Å². The summed E-state index contributed by atoms with van der Waals surface area (Å²) in [5.74, 6) is -0.445. The van der Waals surface area contributed by atoms with Crippen molar-refractivity contribution in [3.63, 3.8) is 0 Å². The predicted octanol–water partition coefficient (Wildman–Crippen LogP) is -0.427. The van der Waals surface area contributed by atoms with E-state index in [1.807, 2.05) is 0 Å². The fourth-order valence-corrected chi connectivity index (χ4v) is 3.48. The largest absolute Gasteiger partial charge is 0.469 e. The Morgan fingerprint density at radius 1 is 1.37 bits per heavy atom. The van der Waals surface area contributed by atoms with Gasteiger partial charge in [-0.25, -0.2) is 0 Å². The quantitative estimate of drug-likeness (QED) is 0.614. The van der Waals surface area contributed by atoms with Crippen molar-refractivity contribution in [3.05, 3.63) is 0 Å². The monoisotopic (exact) mass is 294 g/mol. The minimum absolute atomic E-state index is 0.0177. The van der Waals surface area contributed by atoms with Gasteiger partial charge in [-0.05, 0) is 12.8 Å². The number of hydrogen-bond donors (Lipinski definition) is 1. The highest BCUT2D eigenvalue weighted by atomic mass is 32.2. The van der Waals surface area contributed by atoms with E-state index in [2.05, 4.69) is 4.74 Å². The second kappa shape index (κ2) is 7.18. The van der Waals surface area contributed by atoms with Gasteiger partial charge in [0.05, 0.1) is 20.1 Å². The summed E-state index contributed by atoms with van der Waals surface area (Å²) in [5.41, 5.74) is 0. The summed E-state index contributed by atoms with van der Waals surface area (Å²) >= 11 is 0. The number of aliphatic hydroxyl groups is 1. The summed E-state index contributed by atoms with van der Waals surface area (Å²) in [6, 6.07) is -0.0299. The first-order chi connectivity index (χ1) is 8.93. The van der Waals surface area contributed by atoms with Crippen molar-refractivity contribution in [3.8, 4) is 0 Å². The number of esters is 1. The Labute approximate surface area is 114 Å². The topological polar surface area (TPSA) is 87.2 Å². The second-order valence-corrected chi connectivity index (χ2v) is 6.56. The Kier molecular flexibility index (Phi) is 6.18. The van der Waals surface area contributed by atoms with Crippen LogP contribution in [-0.4, -0.2) is 68.0 Å². The summed E-state index contributed by atoms with van der Waals surface area (Å²) < 4.78 is 31.6. The van der Waals surface area contributed by atoms with Crippen molar-refractivity contribution in [1.29, 1.82) is 0 Å². The lowest BCUT2D eigenvalue weighted by Gasteiger charge is -2.38. The standard InChI is InChI=1S/C11H22N2O5S/c1-12(7-6-11(15)18-2)19(16,17)13(8-9-14)10-4-3-5-10/h10,14H,3-9H2,1-2H3. The van der Waals surface area contributed by atoms with E-state index in [1.165, 1.54) is 18.5 Å². The van der Waals surface area contributed by atoms with Gasteiger partial charge in [-0.1, -0.05) is 6.42 Å². The van der Waals surface area contributed by atoms with Gasteiger partial charge in [0, 0.05) is 26.2 Å². The maximum Gasteiger partial charge on any atom is 0.306 e. The Hall–Kier alpha value is -0.700. The second-order valence-electron chi connectivity index (χ2n) is 4.57. The van der Waals surface area contributed by atoms with Gasteiger partial charge in [-0.2, -0.15) is 17.0 Å². The van der Waals surface area contributed by atoms with Crippen LogP contribution in [0, 0.1) is 0 Å². The van der Waals surface area contributed by atoms with Crippen LogP contribution in [0.4, 0.5) is 0 Å². The minimum atomic E-state index is -3.63. The zero-order valence-electron chi connectivity index (χ0n) is 11.4. The first-order valence-electron chi connectivity index (χ1n) is 6.34. The summed E-state index contributed by atoms with van der Waals surface area (Å²) in [5, 5.41) is 9.01. The number of aliphatic hydroxyl groups excluding tert-OH is 1. The zero-order valence-corrected chi connectivity index (χ0v) is 12.2. The molecule has 0 aromatic heterocycles. The van der Waals surface area contributed by atoms with E-state index in [9.17, 15) is 13.2 Å². The molecule has 1 aliphatic carbocycles. The average molecular weight is 294 g/mol. The normalized spacial score (nSPS) is 16.7. The van der Waals surface area contributed by atoms with Crippen LogP contribution >= 0.6 is 0 Å². The Bertz CT molecular complexity index is 394. The molecule has 1 rings (SSSR count). The number of nitrogens with zero attached hydrogens (tertiary/aromatic N) is 2. The van der Waals surface area contributed by atoms with E-state index in [4.69, 9.17) is 5.11 Å². The third-order valence-electron chi connectivity index (χ3n) is 3.35. The Balaban J connectivity index is 2.66. The maximum atomic E-state index is 12.3. The summed E-state index contributed by atoms with van der Waals surface area (Å²) in [6.07, 6.45) is 2.67. The molecule has 0 aromatic rings. The van der Waals surface area contributed by atoms with Crippen LogP contribution in [0.1, 0.15) is 25.7 Å². The van der Waals surface area contributed by atoms with Crippen LogP contribution in [-0.2, 0) is 19.7 Å². The van der Waals surface area contributed by atoms with Crippen LogP contribution in [0.2, 0.25) is 0 Å². The molecular formula is C11H22N2O5S. The molecule has 0 aromatic carbocycles. The number of hydrogen-bond acceptors (Lipinski definition) is 5. The van der Waals surface area contributed by atoms with Crippen LogP contribution in [0.25, 0.3) is 0 Å². The number of carbonyl (C=O) groups is 1. The molecule has 112 valence electrons. The third kappa shape index (κ3) is 4.13. The molecule has 1 saturated carbocycles. The lowest BCUT2D eigenvalue weighted by Crippen LogP contribution is -2.51. The first-order valence-corrected chi connectivity index (χ1v) is 7.74. The Morgan fingerprint density at radius 2 is 2.00 bits per heavy atom. The van der Waals surface area contributed by atoms with Gasteiger partial charge in [-0.15, -0.1) is 0 Å². The van der Waals surface area contributed by atoms with Crippen molar-refractivity contribution >= 4 is 16.2 Å². The summed E-state index contributed by atoms with van der Waals surface area (Å²) in [7, 11) is -0.929. The number of methoxy groups -OCH3 is 1. The molecule has 0 heterocycles. The Morgan fingerprint density at radius 3 is 2.42 bits per heavy atom. The maximum absolute atomic E-state index is 12.3. The van der Waals surface area contributed by atoms with Crippen LogP contribution in [0.3, 0.4) is 0 Å². The fraction of sp³-hybridized carbons (Fsp3) is 0.909. The van der Waals surface area contributed by atoms with E-state index in [0.717, 1.165) is 23.6 Å². The van der Waals surface area contributed by atoms with Gasteiger partial charge < -0.3 is 9.84 Å². The van der Waals surface area contributed by atoms with Gasteiger partial charge >= 0.3 is 5.97 Å². The van der Waals surface area contributed by atoms with Crippen molar-refractivity contribution in [1.82, 2.24) is 8.61 Å². The third-order valence-corrected chi connectivity index (χ3v) is 5.39. The minimum Gasteiger partial charge on any atom is -0.469 e. The van der Waals surface area contributed by atoms with Crippen molar-refractivity contribution in [2.75, 3.05) is 33.9 Å². The zero-order chi connectivity index (χ0) is 14.5. The molecule has 7 nitrogen and oxygen atoms in total. The molecule has 1 N–H and O–H groups in total. The van der Waals surface area contributed by atoms with E-state index in [0.29, 0.717) is 0 Å². The van der Waals surface area contributed by atoms with E-state index < -0.39 is 16.2 Å². The highest BCUT2D eigenvalue weighted by Gasteiger charge is 2.35. The van der Waals surface area contributed by atoms with Crippen molar-refractivity contribution < 1.29 is 23.1 Å². The lowest BCUT2D eigenvalue weighted by molar-refractivity contribution is -0.140. The molecule has 1 aliphatic rings. The smallest absolute Gasteiger partial charge is 0.306 e. The van der Waals surface area contributed by atoms with Crippen molar-refractivity contribution in [2.45, 2.75) is 31.7 Å². The van der Waals surface area contributed by atoms with Gasteiger partial charge in [-0.3, -0.25) is 4.79 Å². The summed E-state index contributed by atoms with van der Waals surface area (Å²) in [6.45, 7) is -0.0419. The molecule has 0 saturated heterocycles. The number of carbonyl (C=O) groups excluding carboxylic acids is 1. The molecular weight excluding hydrogens is 272 g/mol. The molecule has 0 unspecified atom stereocenters. The predicted molar refractivity (Wildman–Crippen MR) is 69.6 cm³/mol. The molecule has 0 atom stereocenters. The van der Waals surface area contributed by atoms with Crippen molar-refractivity contribution in [2.24, 2.45) is 0 Å². The molecule has 0 spiro atoms. The number of ether oxygens (including phenoxy) is 1. The van der Waals surface area contributed by atoms with Crippen LogP contribution in [0.5, 0.6) is 0 Å². The van der Waals surface area contributed by atoms with E-state index >= 15 is 0 Å². The number of rotatable bonds is 8. The molecule has 0 radical (unpaired) electrons. The van der Waals surface area contributed by atoms with Gasteiger partial charge in [0.15, 0.2) is 0 Å². The molecule has 0 bridgehead atoms. The summed E-state index contributed by atoms with van der Waals surface area (Å²) in [4.78, 5) is 11.0.